The maximum Gasteiger partial charge on any atom is 0.252 e. The van der Waals surface area contributed by atoms with Crippen molar-refractivity contribution < 1.29 is 4.79 Å². The standard InChI is InChI=1S/C21H18BrIN4O/c1-27-11-17(15-8-12(22)2-5-20(15)27)19-10-16(21(28)25-7-6-24)14-9-13(23)3-4-18(14)26-19/h2-5,8-11H,6-7,24H2,1H3,(H,25,28). The van der Waals surface area contributed by atoms with E-state index in [1.165, 1.54) is 0 Å². The largest absolute Gasteiger partial charge is 0.351 e. The number of rotatable bonds is 4. The highest BCUT2D eigenvalue weighted by atomic mass is 127. The summed E-state index contributed by atoms with van der Waals surface area (Å²) < 4.78 is 4.13. The van der Waals surface area contributed by atoms with Crippen molar-refractivity contribution in [1.82, 2.24) is 14.9 Å². The van der Waals surface area contributed by atoms with Gasteiger partial charge < -0.3 is 15.6 Å². The maximum absolute atomic E-state index is 12.8. The molecule has 0 spiro atoms. The van der Waals surface area contributed by atoms with Crippen LogP contribution in [-0.2, 0) is 7.05 Å². The molecule has 2 heterocycles. The van der Waals surface area contributed by atoms with Crippen molar-refractivity contribution in [2.75, 3.05) is 13.1 Å². The number of hydrogen-bond acceptors (Lipinski definition) is 3. The van der Waals surface area contributed by atoms with Gasteiger partial charge in [-0.05, 0) is 65.1 Å². The fraction of sp³-hybridized carbons (Fsp3) is 0.143. The number of halogens is 2. The monoisotopic (exact) mass is 548 g/mol. The van der Waals surface area contributed by atoms with Crippen LogP contribution in [0.3, 0.4) is 0 Å². The smallest absolute Gasteiger partial charge is 0.252 e. The van der Waals surface area contributed by atoms with E-state index >= 15 is 0 Å². The normalized spacial score (nSPS) is 11.3. The van der Waals surface area contributed by atoms with Crippen molar-refractivity contribution in [3.63, 3.8) is 0 Å². The summed E-state index contributed by atoms with van der Waals surface area (Å²) in [5, 5.41) is 4.81. The Morgan fingerprint density at radius 1 is 1.21 bits per heavy atom. The highest BCUT2D eigenvalue weighted by molar-refractivity contribution is 14.1. The molecule has 0 saturated carbocycles. The Hall–Kier alpha value is -1.97. The summed E-state index contributed by atoms with van der Waals surface area (Å²) in [4.78, 5) is 17.7. The number of aromatic nitrogens is 2. The van der Waals surface area contributed by atoms with Crippen molar-refractivity contribution in [2.45, 2.75) is 0 Å². The van der Waals surface area contributed by atoms with Crippen LogP contribution in [0.1, 0.15) is 10.4 Å². The van der Waals surface area contributed by atoms with Crippen LogP contribution in [0.4, 0.5) is 0 Å². The fourth-order valence-electron chi connectivity index (χ4n) is 3.37. The quantitative estimate of drug-likeness (QED) is 0.370. The van der Waals surface area contributed by atoms with Gasteiger partial charge in [0.15, 0.2) is 0 Å². The number of nitrogens with two attached hydrogens (primary N) is 1. The Morgan fingerprint density at radius 3 is 2.82 bits per heavy atom. The van der Waals surface area contributed by atoms with Gasteiger partial charge in [-0.1, -0.05) is 15.9 Å². The number of carbonyl (C=O) groups is 1. The summed E-state index contributed by atoms with van der Waals surface area (Å²) in [6.45, 7) is 0.833. The first-order chi connectivity index (χ1) is 13.5. The van der Waals surface area contributed by atoms with Gasteiger partial charge >= 0.3 is 0 Å². The second kappa shape index (κ2) is 7.81. The second-order valence-electron chi connectivity index (χ2n) is 6.58. The van der Waals surface area contributed by atoms with Crippen LogP contribution in [0.5, 0.6) is 0 Å². The Kier molecular flexibility index (Phi) is 5.39. The highest BCUT2D eigenvalue weighted by Gasteiger charge is 2.17. The fourth-order valence-corrected chi connectivity index (χ4v) is 4.23. The number of amides is 1. The van der Waals surface area contributed by atoms with E-state index in [9.17, 15) is 4.79 Å². The van der Waals surface area contributed by atoms with Crippen LogP contribution < -0.4 is 11.1 Å². The van der Waals surface area contributed by atoms with Crippen molar-refractivity contribution in [3.05, 3.63) is 62.3 Å². The van der Waals surface area contributed by atoms with Crippen LogP contribution in [0, 0.1) is 3.57 Å². The number of hydrogen-bond donors (Lipinski definition) is 2. The third-order valence-electron chi connectivity index (χ3n) is 4.67. The molecule has 0 unspecified atom stereocenters. The second-order valence-corrected chi connectivity index (χ2v) is 8.74. The van der Waals surface area contributed by atoms with Crippen molar-refractivity contribution in [2.24, 2.45) is 12.8 Å². The molecular formula is C21H18BrIN4O. The van der Waals surface area contributed by atoms with Gasteiger partial charge in [-0.15, -0.1) is 0 Å². The molecule has 28 heavy (non-hydrogen) atoms. The molecule has 0 aliphatic heterocycles. The molecule has 0 radical (unpaired) electrons. The lowest BCUT2D eigenvalue weighted by Crippen LogP contribution is -2.29. The summed E-state index contributed by atoms with van der Waals surface area (Å²) >= 11 is 5.80. The lowest BCUT2D eigenvalue weighted by atomic mass is 10.0. The van der Waals surface area contributed by atoms with Crippen LogP contribution in [-0.4, -0.2) is 28.5 Å². The predicted molar refractivity (Wildman–Crippen MR) is 125 cm³/mol. The molecular weight excluding hydrogens is 531 g/mol. The van der Waals surface area contributed by atoms with E-state index in [1.807, 2.05) is 37.4 Å². The van der Waals surface area contributed by atoms with E-state index in [0.717, 1.165) is 41.1 Å². The van der Waals surface area contributed by atoms with E-state index in [0.29, 0.717) is 18.7 Å². The topological polar surface area (TPSA) is 72.9 Å². The van der Waals surface area contributed by atoms with Crippen LogP contribution in [0.15, 0.2) is 53.1 Å². The average Bonchev–Trinajstić information content (AvgIpc) is 3.01. The minimum atomic E-state index is -0.137. The molecule has 4 aromatic rings. The van der Waals surface area contributed by atoms with Gasteiger partial charge in [-0.25, -0.2) is 4.98 Å². The number of aryl methyl sites for hydroxylation is 1. The molecule has 2 aromatic heterocycles. The molecule has 0 fully saturated rings. The number of nitrogens with zero attached hydrogens (tertiary/aromatic N) is 2. The molecule has 0 saturated heterocycles. The lowest BCUT2D eigenvalue weighted by Gasteiger charge is -2.10. The van der Waals surface area contributed by atoms with Gasteiger partial charge in [0.1, 0.15) is 0 Å². The van der Waals surface area contributed by atoms with Crippen molar-refractivity contribution >= 4 is 66.2 Å². The Bertz CT molecular complexity index is 1220. The van der Waals surface area contributed by atoms with E-state index in [1.54, 1.807) is 0 Å². The van der Waals surface area contributed by atoms with Crippen LogP contribution >= 0.6 is 38.5 Å². The molecule has 2 aromatic carbocycles. The Morgan fingerprint density at radius 2 is 2.04 bits per heavy atom. The average molecular weight is 549 g/mol. The zero-order valence-electron chi connectivity index (χ0n) is 15.2. The third-order valence-corrected chi connectivity index (χ3v) is 5.84. The molecule has 3 N–H and O–H groups in total. The number of nitrogens with one attached hydrogen (secondary N) is 1. The molecule has 4 rings (SSSR count). The minimum absolute atomic E-state index is 0.137. The third kappa shape index (κ3) is 3.54. The molecule has 0 aliphatic rings. The number of benzene rings is 2. The number of fused-ring (bicyclic) bond motifs is 2. The maximum atomic E-state index is 12.8. The predicted octanol–water partition coefficient (Wildman–Crippen LogP) is 4.45. The summed E-state index contributed by atoms with van der Waals surface area (Å²) in [7, 11) is 2.01. The molecule has 142 valence electrons. The summed E-state index contributed by atoms with van der Waals surface area (Å²) in [6, 6.07) is 14.0. The Labute approximate surface area is 184 Å². The van der Waals surface area contributed by atoms with E-state index in [2.05, 4.69) is 66.7 Å². The molecule has 0 atom stereocenters. The molecule has 0 aliphatic carbocycles. The van der Waals surface area contributed by atoms with Gasteiger partial charge in [0.2, 0.25) is 0 Å². The lowest BCUT2D eigenvalue weighted by molar-refractivity contribution is 0.0956. The zero-order chi connectivity index (χ0) is 19.8. The Balaban J connectivity index is 1.97. The van der Waals surface area contributed by atoms with Crippen molar-refractivity contribution in [3.8, 4) is 11.3 Å². The van der Waals surface area contributed by atoms with Gasteiger partial charge in [0, 0.05) is 56.2 Å². The highest BCUT2D eigenvalue weighted by Crippen LogP contribution is 2.33. The molecule has 5 nitrogen and oxygen atoms in total. The zero-order valence-corrected chi connectivity index (χ0v) is 18.9. The summed E-state index contributed by atoms with van der Waals surface area (Å²) in [5.41, 5.74) is 9.84. The van der Waals surface area contributed by atoms with Gasteiger partial charge in [-0.2, -0.15) is 0 Å². The van der Waals surface area contributed by atoms with E-state index in [4.69, 9.17) is 10.7 Å². The van der Waals surface area contributed by atoms with E-state index in [-0.39, 0.29) is 5.91 Å². The first kappa shape index (κ1) is 19.4. The SMILES string of the molecule is Cn1cc(-c2cc(C(=O)NCCN)c3cc(I)ccc3n2)c2cc(Br)ccc21. The number of carbonyl (C=O) groups excluding carboxylic acids is 1. The first-order valence-corrected chi connectivity index (χ1v) is 10.7. The molecule has 1 amide bonds. The van der Waals surface area contributed by atoms with Crippen LogP contribution in [0.25, 0.3) is 33.1 Å². The van der Waals surface area contributed by atoms with Crippen LogP contribution in [0.2, 0.25) is 0 Å². The van der Waals surface area contributed by atoms with Gasteiger partial charge in [0.25, 0.3) is 5.91 Å². The van der Waals surface area contributed by atoms with E-state index < -0.39 is 0 Å². The first-order valence-electron chi connectivity index (χ1n) is 8.81. The van der Waals surface area contributed by atoms with Gasteiger partial charge in [0.05, 0.1) is 16.8 Å². The van der Waals surface area contributed by atoms with Crippen molar-refractivity contribution in [1.29, 1.82) is 0 Å². The molecule has 7 heteroatoms. The number of pyridine rings is 1. The molecule has 0 bridgehead atoms. The summed E-state index contributed by atoms with van der Waals surface area (Å²) in [6.07, 6.45) is 2.06. The summed E-state index contributed by atoms with van der Waals surface area (Å²) in [5.74, 6) is -0.137. The minimum Gasteiger partial charge on any atom is -0.351 e. The van der Waals surface area contributed by atoms with Gasteiger partial charge in [-0.3, -0.25) is 4.79 Å².